The van der Waals surface area contributed by atoms with E-state index in [0.29, 0.717) is 11.8 Å². The third kappa shape index (κ3) is 3.88. The van der Waals surface area contributed by atoms with Crippen molar-refractivity contribution in [3.63, 3.8) is 0 Å². The van der Waals surface area contributed by atoms with Gasteiger partial charge in [-0.15, -0.1) is 0 Å². The minimum Gasteiger partial charge on any atom is -0.493 e. The Bertz CT molecular complexity index is 300. The third-order valence-electron chi connectivity index (χ3n) is 2.90. The minimum atomic E-state index is 0.580. The molecule has 0 amide bonds. The first kappa shape index (κ1) is 13.1. The van der Waals surface area contributed by atoms with Gasteiger partial charge in [-0.25, -0.2) is 0 Å². The van der Waals surface area contributed by atoms with E-state index in [2.05, 4.69) is 45.9 Å². The number of hydrogen-bond donors (Lipinski definition) is 0. The van der Waals surface area contributed by atoms with E-state index in [-0.39, 0.29) is 0 Å². The standard InChI is InChI=1S/C15H24O/c1-5-13(6-2)14-8-7-9-15(10-14)16-11-12(3)4/h7-10,12-13H,5-6,11H2,1-4H3. The average molecular weight is 220 g/mol. The zero-order valence-corrected chi connectivity index (χ0v) is 11.0. The lowest BCUT2D eigenvalue weighted by Crippen LogP contribution is -2.05. The van der Waals surface area contributed by atoms with Crippen molar-refractivity contribution >= 4 is 0 Å². The molecule has 0 saturated carbocycles. The maximum atomic E-state index is 5.75. The molecule has 1 aromatic carbocycles. The Morgan fingerprint density at radius 2 is 1.81 bits per heavy atom. The van der Waals surface area contributed by atoms with Gasteiger partial charge >= 0.3 is 0 Å². The van der Waals surface area contributed by atoms with Gasteiger partial charge in [0.1, 0.15) is 5.75 Å². The maximum Gasteiger partial charge on any atom is 0.119 e. The van der Waals surface area contributed by atoms with E-state index in [1.807, 2.05) is 6.07 Å². The normalized spacial score (nSPS) is 11.1. The molecular weight excluding hydrogens is 196 g/mol. The first-order valence-electron chi connectivity index (χ1n) is 6.40. The maximum absolute atomic E-state index is 5.75. The van der Waals surface area contributed by atoms with Gasteiger partial charge in [0.25, 0.3) is 0 Å². The first-order chi connectivity index (χ1) is 7.67. The average Bonchev–Trinajstić information content (AvgIpc) is 2.29. The number of ether oxygens (including phenoxy) is 1. The van der Waals surface area contributed by atoms with Crippen LogP contribution in [-0.4, -0.2) is 6.61 Å². The summed E-state index contributed by atoms with van der Waals surface area (Å²) in [5.74, 6) is 2.26. The summed E-state index contributed by atoms with van der Waals surface area (Å²) in [6.07, 6.45) is 2.40. The van der Waals surface area contributed by atoms with Crippen molar-refractivity contribution in [3.8, 4) is 5.75 Å². The van der Waals surface area contributed by atoms with Crippen LogP contribution in [0, 0.1) is 5.92 Å². The van der Waals surface area contributed by atoms with Crippen LogP contribution in [-0.2, 0) is 0 Å². The molecule has 0 N–H and O–H groups in total. The molecule has 0 aliphatic rings. The highest BCUT2D eigenvalue weighted by molar-refractivity contribution is 5.30. The molecular formula is C15H24O. The highest BCUT2D eigenvalue weighted by Crippen LogP contribution is 2.26. The largest absolute Gasteiger partial charge is 0.493 e. The van der Waals surface area contributed by atoms with Gasteiger partial charge in [0.15, 0.2) is 0 Å². The molecule has 1 heteroatoms. The molecule has 1 aromatic rings. The number of benzene rings is 1. The summed E-state index contributed by atoms with van der Waals surface area (Å²) in [6, 6.07) is 8.55. The predicted octanol–water partition coefficient (Wildman–Crippen LogP) is 4.63. The van der Waals surface area contributed by atoms with Crippen LogP contribution in [0.4, 0.5) is 0 Å². The molecule has 0 bridgehead atoms. The van der Waals surface area contributed by atoms with Crippen LogP contribution in [0.15, 0.2) is 24.3 Å². The van der Waals surface area contributed by atoms with Gasteiger partial charge in [-0.2, -0.15) is 0 Å². The van der Waals surface area contributed by atoms with E-state index in [9.17, 15) is 0 Å². The number of hydrogen-bond acceptors (Lipinski definition) is 1. The van der Waals surface area contributed by atoms with Gasteiger partial charge < -0.3 is 4.74 Å². The Balaban J connectivity index is 2.70. The van der Waals surface area contributed by atoms with Crippen molar-refractivity contribution in [2.45, 2.75) is 46.5 Å². The number of rotatable bonds is 6. The van der Waals surface area contributed by atoms with Crippen LogP contribution >= 0.6 is 0 Å². The lowest BCUT2D eigenvalue weighted by atomic mass is 9.94. The van der Waals surface area contributed by atoms with Crippen LogP contribution in [0.2, 0.25) is 0 Å². The molecule has 0 atom stereocenters. The summed E-state index contributed by atoms with van der Waals surface area (Å²) >= 11 is 0. The van der Waals surface area contributed by atoms with E-state index in [1.54, 1.807) is 0 Å². The van der Waals surface area contributed by atoms with Gasteiger partial charge in [0, 0.05) is 0 Å². The molecule has 16 heavy (non-hydrogen) atoms. The molecule has 1 nitrogen and oxygen atoms in total. The zero-order valence-electron chi connectivity index (χ0n) is 11.0. The quantitative estimate of drug-likeness (QED) is 0.679. The van der Waals surface area contributed by atoms with Crippen molar-refractivity contribution in [2.24, 2.45) is 5.92 Å². The van der Waals surface area contributed by atoms with Gasteiger partial charge in [0.05, 0.1) is 6.61 Å². The topological polar surface area (TPSA) is 9.23 Å². The lowest BCUT2D eigenvalue weighted by Gasteiger charge is -2.15. The van der Waals surface area contributed by atoms with Crippen LogP contribution in [0.5, 0.6) is 5.75 Å². The molecule has 0 aliphatic heterocycles. The van der Waals surface area contributed by atoms with Gasteiger partial charge in [-0.05, 0) is 42.4 Å². The summed E-state index contributed by atoms with van der Waals surface area (Å²) in [6.45, 7) is 9.63. The monoisotopic (exact) mass is 220 g/mol. The fourth-order valence-corrected chi connectivity index (χ4v) is 1.88. The summed E-state index contributed by atoms with van der Waals surface area (Å²) in [7, 11) is 0. The Hall–Kier alpha value is -0.980. The summed E-state index contributed by atoms with van der Waals surface area (Å²) < 4.78 is 5.75. The van der Waals surface area contributed by atoms with Crippen LogP contribution in [0.3, 0.4) is 0 Å². The second-order valence-electron chi connectivity index (χ2n) is 4.79. The van der Waals surface area contributed by atoms with Crippen molar-refractivity contribution in [1.29, 1.82) is 0 Å². The molecule has 0 aliphatic carbocycles. The molecule has 0 fully saturated rings. The summed E-state index contributed by atoms with van der Waals surface area (Å²) in [4.78, 5) is 0. The van der Waals surface area contributed by atoms with Gasteiger partial charge in [-0.1, -0.05) is 39.8 Å². The van der Waals surface area contributed by atoms with Gasteiger partial charge in [0.2, 0.25) is 0 Å². The zero-order chi connectivity index (χ0) is 12.0. The first-order valence-corrected chi connectivity index (χ1v) is 6.40. The van der Waals surface area contributed by atoms with Crippen molar-refractivity contribution < 1.29 is 4.74 Å². The van der Waals surface area contributed by atoms with Crippen LogP contribution < -0.4 is 4.74 Å². The van der Waals surface area contributed by atoms with E-state index in [0.717, 1.165) is 12.4 Å². The summed E-state index contributed by atoms with van der Waals surface area (Å²) in [5.41, 5.74) is 1.41. The Morgan fingerprint density at radius 3 is 2.38 bits per heavy atom. The van der Waals surface area contributed by atoms with E-state index in [1.165, 1.54) is 18.4 Å². The van der Waals surface area contributed by atoms with Gasteiger partial charge in [-0.3, -0.25) is 0 Å². The van der Waals surface area contributed by atoms with E-state index in [4.69, 9.17) is 4.74 Å². The molecule has 0 heterocycles. The molecule has 0 unspecified atom stereocenters. The lowest BCUT2D eigenvalue weighted by molar-refractivity contribution is 0.270. The minimum absolute atomic E-state index is 0.580. The third-order valence-corrected chi connectivity index (χ3v) is 2.90. The van der Waals surface area contributed by atoms with Crippen molar-refractivity contribution in [3.05, 3.63) is 29.8 Å². The van der Waals surface area contributed by atoms with E-state index < -0.39 is 0 Å². The molecule has 0 radical (unpaired) electrons. The SMILES string of the molecule is CCC(CC)c1cccc(OCC(C)C)c1. The highest BCUT2D eigenvalue weighted by Gasteiger charge is 2.07. The smallest absolute Gasteiger partial charge is 0.119 e. The molecule has 0 spiro atoms. The highest BCUT2D eigenvalue weighted by atomic mass is 16.5. The Labute approximate surface area is 99.8 Å². The Morgan fingerprint density at radius 1 is 1.12 bits per heavy atom. The molecule has 1 rings (SSSR count). The van der Waals surface area contributed by atoms with Crippen molar-refractivity contribution in [1.82, 2.24) is 0 Å². The fourth-order valence-electron chi connectivity index (χ4n) is 1.88. The van der Waals surface area contributed by atoms with Crippen LogP contribution in [0.1, 0.15) is 52.0 Å². The second-order valence-corrected chi connectivity index (χ2v) is 4.79. The van der Waals surface area contributed by atoms with Crippen molar-refractivity contribution in [2.75, 3.05) is 6.61 Å². The molecule has 0 aromatic heterocycles. The second kappa shape index (κ2) is 6.57. The van der Waals surface area contributed by atoms with Crippen LogP contribution in [0.25, 0.3) is 0 Å². The summed E-state index contributed by atoms with van der Waals surface area (Å²) in [5, 5.41) is 0. The fraction of sp³-hybridized carbons (Fsp3) is 0.600. The predicted molar refractivity (Wildman–Crippen MR) is 70.1 cm³/mol. The Kier molecular flexibility index (Phi) is 5.37. The van der Waals surface area contributed by atoms with E-state index >= 15 is 0 Å². The molecule has 90 valence electrons. The molecule has 0 saturated heterocycles.